The van der Waals surface area contributed by atoms with Gasteiger partial charge in [0.25, 0.3) is 6.43 Å². The molecule has 1 fully saturated rings. The molecular weight excluding hydrogens is 454 g/mol. The zero-order valence-corrected chi connectivity index (χ0v) is 19.6. The van der Waals surface area contributed by atoms with E-state index in [0.29, 0.717) is 42.9 Å². The number of rotatable bonds is 7. The van der Waals surface area contributed by atoms with Gasteiger partial charge in [-0.05, 0) is 87.4 Å². The zero-order chi connectivity index (χ0) is 25.2. The first-order valence-corrected chi connectivity index (χ1v) is 11.6. The van der Waals surface area contributed by atoms with Crippen LogP contribution in [0.15, 0.2) is 48.8 Å². The SMILES string of the molecule is Cc1cc(Nc2cc(C(F)F)ccn2)nc(-c2ccc(C(C)(O)C3CCC(C(=O)O)CC3)nc2)c1. The number of anilines is 2. The molecule has 3 aromatic heterocycles. The van der Waals surface area contributed by atoms with Crippen molar-refractivity contribution < 1.29 is 23.8 Å². The average Bonchev–Trinajstić information content (AvgIpc) is 2.84. The van der Waals surface area contributed by atoms with Gasteiger partial charge in [-0.25, -0.2) is 18.7 Å². The molecule has 0 saturated heterocycles. The van der Waals surface area contributed by atoms with Gasteiger partial charge < -0.3 is 15.5 Å². The van der Waals surface area contributed by atoms with Crippen LogP contribution in [0.3, 0.4) is 0 Å². The Morgan fingerprint density at radius 3 is 2.46 bits per heavy atom. The van der Waals surface area contributed by atoms with Crippen LogP contribution >= 0.6 is 0 Å². The molecule has 1 unspecified atom stereocenters. The number of carboxylic acid groups (broad SMARTS) is 1. The lowest BCUT2D eigenvalue weighted by Gasteiger charge is -2.36. The standard InChI is InChI=1S/C26H28F2N4O3/c1-15-11-20(31-23(12-15)32-22-13-17(24(27)28)9-10-29-22)18-5-8-21(30-14-18)26(2,35)19-6-3-16(4-7-19)25(33)34/h5,8-14,16,19,24,35H,3-4,6-7H2,1-2H3,(H,33,34)(H,29,31,32). The number of nitrogens with one attached hydrogen (secondary N) is 1. The number of nitrogens with zero attached hydrogens (tertiary/aromatic N) is 3. The fourth-order valence-electron chi connectivity index (χ4n) is 4.62. The van der Waals surface area contributed by atoms with Crippen molar-refractivity contribution in [2.24, 2.45) is 11.8 Å². The summed E-state index contributed by atoms with van der Waals surface area (Å²) in [4.78, 5) is 24.4. The summed E-state index contributed by atoms with van der Waals surface area (Å²) in [5.74, 6) is -0.455. The Morgan fingerprint density at radius 1 is 1.09 bits per heavy atom. The highest BCUT2D eigenvalue weighted by atomic mass is 19.3. The van der Waals surface area contributed by atoms with Gasteiger partial charge in [0.1, 0.15) is 17.2 Å². The van der Waals surface area contributed by atoms with Crippen molar-refractivity contribution in [1.82, 2.24) is 15.0 Å². The third kappa shape index (κ3) is 5.62. The van der Waals surface area contributed by atoms with Crippen molar-refractivity contribution in [3.8, 4) is 11.3 Å². The molecule has 7 nitrogen and oxygen atoms in total. The van der Waals surface area contributed by atoms with E-state index < -0.39 is 18.0 Å². The Hall–Kier alpha value is -3.46. The van der Waals surface area contributed by atoms with Gasteiger partial charge in [-0.3, -0.25) is 9.78 Å². The molecule has 0 aromatic carbocycles. The Balaban J connectivity index is 1.52. The topological polar surface area (TPSA) is 108 Å². The number of hydrogen-bond donors (Lipinski definition) is 3. The molecule has 1 aliphatic rings. The molecule has 184 valence electrons. The first-order valence-electron chi connectivity index (χ1n) is 11.6. The summed E-state index contributed by atoms with van der Waals surface area (Å²) in [5.41, 5.74) is 1.51. The largest absolute Gasteiger partial charge is 0.481 e. The molecule has 0 aliphatic heterocycles. The molecule has 35 heavy (non-hydrogen) atoms. The van der Waals surface area contributed by atoms with E-state index in [1.807, 2.05) is 19.1 Å². The van der Waals surface area contributed by atoms with Gasteiger partial charge in [0.05, 0.1) is 17.3 Å². The fourth-order valence-corrected chi connectivity index (χ4v) is 4.62. The molecule has 1 saturated carbocycles. The number of alkyl halides is 2. The van der Waals surface area contributed by atoms with Crippen LogP contribution < -0.4 is 5.32 Å². The minimum Gasteiger partial charge on any atom is -0.481 e. The lowest BCUT2D eigenvalue weighted by Crippen LogP contribution is -2.36. The van der Waals surface area contributed by atoms with Crippen LogP contribution in [0, 0.1) is 18.8 Å². The molecule has 9 heteroatoms. The van der Waals surface area contributed by atoms with Gasteiger partial charge in [0, 0.05) is 23.5 Å². The van der Waals surface area contributed by atoms with Gasteiger partial charge >= 0.3 is 5.97 Å². The average molecular weight is 483 g/mol. The Bertz CT molecular complexity index is 1190. The molecule has 1 aliphatic carbocycles. The highest BCUT2D eigenvalue weighted by molar-refractivity contribution is 5.70. The van der Waals surface area contributed by atoms with Gasteiger partial charge in [0.2, 0.25) is 0 Å². The van der Waals surface area contributed by atoms with Crippen molar-refractivity contribution in [2.75, 3.05) is 5.32 Å². The van der Waals surface area contributed by atoms with E-state index in [1.54, 1.807) is 25.3 Å². The van der Waals surface area contributed by atoms with E-state index in [2.05, 4.69) is 20.3 Å². The third-order valence-electron chi connectivity index (χ3n) is 6.71. The summed E-state index contributed by atoms with van der Waals surface area (Å²) < 4.78 is 26.0. The number of aromatic nitrogens is 3. The normalized spacial score (nSPS) is 19.8. The van der Waals surface area contributed by atoms with Crippen LogP contribution in [0.2, 0.25) is 0 Å². The minimum absolute atomic E-state index is 0.0687. The Labute approximate surface area is 202 Å². The van der Waals surface area contributed by atoms with E-state index in [4.69, 9.17) is 0 Å². The quantitative estimate of drug-likeness (QED) is 0.401. The second-order valence-corrected chi connectivity index (χ2v) is 9.28. The maximum Gasteiger partial charge on any atom is 0.306 e. The number of hydrogen-bond acceptors (Lipinski definition) is 6. The van der Waals surface area contributed by atoms with E-state index >= 15 is 0 Å². The maximum atomic E-state index is 13.0. The Kier molecular flexibility index (Phi) is 7.07. The van der Waals surface area contributed by atoms with Crippen LogP contribution in [0.5, 0.6) is 0 Å². The monoisotopic (exact) mass is 482 g/mol. The number of halogens is 2. The molecule has 3 aromatic rings. The highest BCUT2D eigenvalue weighted by Gasteiger charge is 2.38. The van der Waals surface area contributed by atoms with Crippen LogP contribution in [0.4, 0.5) is 20.4 Å². The fraction of sp³-hybridized carbons (Fsp3) is 0.385. The van der Waals surface area contributed by atoms with Crippen molar-refractivity contribution in [3.63, 3.8) is 0 Å². The predicted molar refractivity (Wildman–Crippen MR) is 127 cm³/mol. The summed E-state index contributed by atoms with van der Waals surface area (Å²) in [6, 6.07) is 9.84. The number of aliphatic hydroxyl groups is 1. The maximum absolute atomic E-state index is 13.0. The van der Waals surface area contributed by atoms with Gasteiger partial charge in [-0.2, -0.15) is 0 Å². The number of carboxylic acids is 1. The summed E-state index contributed by atoms with van der Waals surface area (Å²) in [6.45, 7) is 3.63. The molecule has 3 N–H and O–H groups in total. The van der Waals surface area contributed by atoms with Crippen LogP contribution in [0.25, 0.3) is 11.3 Å². The summed E-state index contributed by atoms with van der Waals surface area (Å²) in [6.07, 6.45) is 2.73. The molecule has 0 radical (unpaired) electrons. The van der Waals surface area contributed by atoms with E-state index in [9.17, 15) is 23.8 Å². The van der Waals surface area contributed by atoms with Crippen LogP contribution in [-0.2, 0) is 10.4 Å². The second-order valence-electron chi connectivity index (χ2n) is 9.28. The third-order valence-corrected chi connectivity index (χ3v) is 6.71. The number of pyridine rings is 3. The van der Waals surface area contributed by atoms with Crippen molar-refractivity contribution in [1.29, 1.82) is 0 Å². The highest BCUT2D eigenvalue weighted by Crippen LogP contribution is 2.40. The lowest BCUT2D eigenvalue weighted by atomic mass is 9.73. The van der Waals surface area contributed by atoms with Crippen molar-refractivity contribution in [3.05, 3.63) is 65.6 Å². The molecule has 0 spiro atoms. The number of aliphatic carboxylic acids is 1. The summed E-state index contributed by atoms with van der Waals surface area (Å²) >= 11 is 0. The van der Waals surface area contributed by atoms with Crippen LogP contribution in [0.1, 0.15) is 55.9 Å². The van der Waals surface area contributed by atoms with E-state index in [-0.39, 0.29) is 23.2 Å². The first kappa shape index (κ1) is 24.7. The summed E-state index contributed by atoms with van der Waals surface area (Å²) in [5, 5.41) is 23.4. The molecular formula is C26H28F2N4O3. The molecule has 0 bridgehead atoms. The molecule has 1 atom stereocenters. The van der Waals surface area contributed by atoms with E-state index in [1.165, 1.54) is 18.3 Å². The number of aryl methyl sites for hydroxylation is 1. The van der Waals surface area contributed by atoms with Crippen molar-refractivity contribution >= 4 is 17.6 Å². The van der Waals surface area contributed by atoms with Crippen molar-refractivity contribution in [2.45, 2.75) is 51.6 Å². The molecule has 3 heterocycles. The minimum atomic E-state index is -2.59. The van der Waals surface area contributed by atoms with Crippen LogP contribution in [-0.4, -0.2) is 31.1 Å². The van der Waals surface area contributed by atoms with Gasteiger partial charge in [-0.1, -0.05) is 0 Å². The zero-order valence-electron chi connectivity index (χ0n) is 19.6. The Morgan fingerprint density at radius 2 is 1.83 bits per heavy atom. The lowest BCUT2D eigenvalue weighted by molar-refractivity contribution is -0.144. The number of carbonyl (C=O) groups is 1. The van der Waals surface area contributed by atoms with Gasteiger partial charge in [-0.15, -0.1) is 0 Å². The first-order chi connectivity index (χ1) is 16.6. The van der Waals surface area contributed by atoms with E-state index in [0.717, 1.165) is 11.1 Å². The smallest absolute Gasteiger partial charge is 0.306 e. The predicted octanol–water partition coefficient (Wildman–Crippen LogP) is 5.63. The molecule has 4 rings (SSSR count). The second kappa shape index (κ2) is 10.0. The molecule has 0 amide bonds. The summed E-state index contributed by atoms with van der Waals surface area (Å²) in [7, 11) is 0. The van der Waals surface area contributed by atoms with Gasteiger partial charge in [0.15, 0.2) is 0 Å².